The Bertz CT molecular complexity index is 330. The van der Waals surface area contributed by atoms with Gasteiger partial charge in [0, 0.05) is 29.9 Å². The molecule has 0 bridgehead atoms. The van der Waals surface area contributed by atoms with Crippen LogP contribution < -0.4 is 5.32 Å². The number of nitrogens with one attached hydrogen (secondary N) is 1. The van der Waals surface area contributed by atoms with Crippen molar-refractivity contribution in [3.05, 3.63) is 29.8 Å². The highest BCUT2D eigenvalue weighted by Crippen LogP contribution is 2.30. The van der Waals surface area contributed by atoms with E-state index >= 15 is 0 Å². The summed E-state index contributed by atoms with van der Waals surface area (Å²) in [5, 5.41) is 3.36. The summed E-state index contributed by atoms with van der Waals surface area (Å²) in [4.78, 5) is 3.67. The van der Waals surface area contributed by atoms with E-state index in [1.54, 1.807) is 11.8 Å². The summed E-state index contributed by atoms with van der Waals surface area (Å²) in [7, 11) is 4.34. The molecule has 0 aliphatic carbocycles. The number of hydrogen-bond acceptors (Lipinski definition) is 3. The van der Waals surface area contributed by atoms with Crippen LogP contribution in [-0.4, -0.2) is 38.3 Å². The van der Waals surface area contributed by atoms with Gasteiger partial charge in [-0.25, -0.2) is 0 Å². The monoisotopic (exact) mass is 236 g/mol. The quantitative estimate of drug-likeness (QED) is 0.807. The zero-order valence-corrected chi connectivity index (χ0v) is 11.1. The van der Waals surface area contributed by atoms with Crippen LogP contribution in [0.4, 0.5) is 0 Å². The van der Waals surface area contributed by atoms with Crippen molar-refractivity contribution in [1.82, 2.24) is 10.2 Å². The Balaban J connectivity index is 2.17. The highest BCUT2D eigenvalue weighted by Gasteiger charge is 2.29. The first-order valence-corrected chi connectivity index (χ1v) is 6.96. The number of benzene rings is 1. The Morgan fingerprint density at radius 2 is 1.88 bits per heavy atom. The highest BCUT2D eigenvalue weighted by atomic mass is 32.2. The summed E-state index contributed by atoms with van der Waals surface area (Å²) >= 11 is 1.80. The van der Waals surface area contributed by atoms with Crippen LogP contribution in [0, 0.1) is 5.92 Å². The summed E-state index contributed by atoms with van der Waals surface area (Å²) in [6, 6.07) is 9.55. The van der Waals surface area contributed by atoms with Gasteiger partial charge in [0.15, 0.2) is 0 Å². The molecular weight excluding hydrogens is 216 g/mol. The largest absolute Gasteiger partial charge is 0.316 e. The molecule has 0 aromatic heterocycles. The van der Waals surface area contributed by atoms with Crippen molar-refractivity contribution in [2.24, 2.45) is 5.92 Å². The summed E-state index contributed by atoms with van der Waals surface area (Å²) in [5.74, 6) is 0.759. The Kier molecular flexibility index (Phi) is 3.90. The number of hydrogen-bond donors (Lipinski definition) is 1. The molecule has 1 fully saturated rings. The predicted octanol–water partition coefficient (Wildman–Crippen LogP) is 2.23. The Morgan fingerprint density at radius 3 is 2.25 bits per heavy atom. The maximum absolute atomic E-state index is 3.36. The van der Waals surface area contributed by atoms with Crippen LogP contribution in [0.3, 0.4) is 0 Å². The number of rotatable bonds is 4. The minimum Gasteiger partial charge on any atom is -0.316 e. The van der Waals surface area contributed by atoms with Gasteiger partial charge in [-0.05, 0) is 38.0 Å². The topological polar surface area (TPSA) is 15.3 Å². The van der Waals surface area contributed by atoms with Gasteiger partial charge in [0.05, 0.1) is 0 Å². The van der Waals surface area contributed by atoms with Gasteiger partial charge < -0.3 is 10.2 Å². The number of thioether (sulfide) groups is 1. The second kappa shape index (κ2) is 5.21. The van der Waals surface area contributed by atoms with Gasteiger partial charge in [-0.1, -0.05) is 12.1 Å². The Hall–Kier alpha value is -0.510. The third-order valence-electron chi connectivity index (χ3n) is 3.27. The van der Waals surface area contributed by atoms with E-state index in [0.717, 1.165) is 19.0 Å². The van der Waals surface area contributed by atoms with E-state index in [1.807, 2.05) is 0 Å². The normalized spacial score (nSPS) is 18.5. The van der Waals surface area contributed by atoms with Gasteiger partial charge in [0.1, 0.15) is 0 Å². The van der Waals surface area contributed by atoms with E-state index < -0.39 is 0 Å². The van der Waals surface area contributed by atoms with E-state index in [2.05, 4.69) is 54.8 Å². The molecule has 0 amide bonds. The van der Waals surface area contributed by atoms with Crippen LogP contribution in [-0.2, 0) is 0 Å². The molecule has 1 saturated heterocycles. The van der Waals surface area contributed by atoms with E-state index in [1.165, 1.54) is 10.5 Å². The zero-order chi connectivity index (χ0) is 11.5. The Labute approximate surface area is 102 Å². The molecule has 88 valence electrons. The molecule has 1 aromatic rings. The van der Waals surface area contributed by atoms with Crippen molar-refractivity contribution in [3.8, 4) is 0 Å². The first kappa shape index (κ1) is 12.0. The van der Waals surface area contributed by atoms with Gasteiger partial charge in [0.2, 0.25) is 0 Å². The number of nitrogens with zero attached hydrogens (tertiary/aromatic N) is 1. The fourth-order valence-electron chi connectivity index (χ4n) is 2.33. The molecule has 16 heavy (non-hydrogen) atoms. The molecule has 0 spiro atoms. The maximum Gasteiger partial charge on any atom is 0.0394 e. The molecular formula is C13H20N2S. The van der Waals surface area contributed by atoms with Crippen LogP contribution in [0.1, 0.15) is 11.6 Å². The van der Waals surface area contributed by atoms with Crippen molar-refractivity contribution in [2.45, 2.75) is 10.9 Å². The average molecular weight is 236 g/mol. The van der Waals surface area contributed by atoms with Crippen LogP contribution in [0.25, 0.3) is 0 Å². The summed E-state index contributed by atoms with van der Waals surface area (Å²) in [6.45, 7) is 2.29. The van der Waals surface area contributed by atoms with E-state index in [9.17, 15) is 0 Å². The lowest BCUT2D eigenvalue weighted by atomic mass is 9.88. The molecule has 3 heteroatoms. The molecule has 2 nitrogen and oxygen atoms in total. The van der Waals surface area contributed by atoms with Gasteiger partial charge in [-0.3, -0.25) is 0 Å². The van der Waals surface area contributed by atoms with Gasteiger partial charge in [-0.2, -0.15) is 0 Å². The zero-order valence-electron chi connectivity index (χ0n) is 10.2. The lowest BCUT2D eigenvalue weighted by molar-refractivity contribution is 0.161. The van der Waals surface area contributed by atoms with Crippen molar-refractivity contribution >= 4 is 11.8 Å². The predicted molar refractivity (Wildman–Crippen MR) is 71.0 cm³/mol. The maximum atomic E-state index is 3.36. The van der Waals surface area contributed by atoms with E-state index in [0.29, 0.717) is 6.04 Å². The van der Waals surface area contributed by atoms with E-state index in [-0.39, 0.29) is 0 Å². The SMILES string of the molecule is CSc1ccc(C(C2CNC2)N(C)C)cc1. The first-order valence-electron chi connectivity index (χ1n) is 5.73. The van der Waals surface area contributed by atoms with Crippen molar-refractivity contribution in [1.29, 1.82) is 0 Å². The molecule has 0 saturated carbocycles. The smallest absolute Gasteiger partial charge is 0.0394 e. The average Bonchev–Trinajstić information content (AvgIpc) is 2.23. The fourth-order valence-corrected chi connectivity index (χ4v) is 2.74. The summed E-state index contributed by atoms with van der Waals surface area (Å²) in [5.41, 5.74) is 1.44. The minimum atomic E-state index is 0.553. The Morgan fingerprint density at radius 1 is 1.25 bits per heavy atom. The summed E-state index contributed by atoms with van der Waals surface area (Å²) < 4.78 is 0. The van der Waals surface area contributed by atoms with Crippen LogP contribution in [0.2, 0.25) is 0 Å². The van der Waals surface area contributed by atoms with Gasteiger partial charge in [-0.15, -0.1) is 11.8 Å². The lowest BCUT2D eigenvalue weighted by Gasteiger charge is -2.38. The van der Waals surface area contributed by atoms with Crippen molar-refractivity contribution in [3.63, 3.8) is 0 Å². The molecule has 1 N–H and O–H groups in total. The third kappa shape index (κ3) is 2.42. The lowest BCUT2D eigenvalue weighted by Crippen LogP contribution is -2.48. The molecule has 1 atom stereocenters. The minimum absolute atomic E-state index is 0.553. The molecule has 1 unspecified atom stereocenters. The molecule has 1 aliphatic rings. The van der Waals surface area contributed by atoms with Crippen LogP contribution in [0.15, 0.2) is 29.2 Å². The highest BCUT2D eigenvalue weighted by molar-refractivity contribution is 7.98. The molecule has 1 aromatic carbocycles. The molecule has 1 heterocycles. The second-order valence-corrected chi connectivity index (χ2v) is 5.48. The van der Waals surface area contributed by atoms with Crippen molar-refractivity contribution < 1.29 is 0 Å². The molecule has 1 aliphatic heterocycles. The van der Waals surface area contributed by atoms with Crippen molar-refractivity contribution in [2.75, 3.05) is 33.4 Å². The second-order valence-electron chi connectivity index (χ2n) is 4.60. The summed E-state index contributed by atoms with van der Waals surface area (Å²) in [6.07, 6.45) is 2.12. The van der Waals surface area contributed by atoms with Crippen LogP contribution in [0.5, 0.6) is 0 Å². The van der Waals surface area contributed by atoms with Crippen LogP contribution >= 0.6 is 11.8 Å². The van der Waals surface area contributed by atoms with Gasteiger partial charge in [0.25, 0.3) is 0 Å². The standard InChI is InChI=1S/C13H20N2S/c1-15(2)13(11-8-14-9-11)10-4-6-12(16-3)7-5-10/h4-7,11,13-14H,8-9H2,1-3H3. The first-order chi connectivity index (χ1) is 7.72. The fraction of sp³-hybridized carbons (Fsp3) is 0.538. The van der Waals surface area contributed by atoms with E-state index in [4.69, 9.17) is 0 Å². The molecule has 2 rings (SSSR count). The van der Waals surface area contributed by atoms with Gasteiger partial charge >= 0.3 is 0 Å². The molecule has 0 radical (unpaired) electrons. The third-order valence-corrected chi connectivity index (χ3v) is 4.02.